The van der Waals surface area contributed by atoms with Gasteiger partial charge in [0.1, 0.15) is 11.1 Å². The number of nitrogens with one attached hydrogen (secondary N) is 1. The molecule has 1 saturated carbocycles. The number of carboxylic acid groups (broad SMARTS) is 1. The minimum Gasteiger partial charge on any atom is -0.480 e. The lowest BCUT2D eigenvalue weighted by Gasteiger charge is -2.30. The predicted octanol–water partition coefficient (Wildman–Crippen LogP) is 5.53. The summed E-state index contributed by atoms with van der Waals surface area (Å²) in [4.78, 5) is 24.9. The first-order chi connectivity index (χ1) is 18.3. The number of ether oxygens (including phenoxy) is 1. The number of nitrogens with zero attached hydrogens (tertiary/aromatic N) is 1. The SMILES string of the molecule is CC(C)(C)OC(=O)NCCN([C@]1(C(=O)O)C[C@H]1c1ccccc1)S(=O)(=O)c1ccc(-c2ccc(Cl)cc2)cc1. The molecule has 0 bridgehead atoms. The van der Waals surface area contributed by atoms with Crippen LogP contribution in [0.2, 0.25) is 5.02 Å². The topological polar surface area (TPSA) is 113 Å². The van der Waals surface area contributed by atoms with Crippen molar-refractivity contribution in [1.29, 1.82) is 0 Å². The molecule has 3 aromatic rings. The van der Waals surface area contributed by atoms with Crippen LogP contribution in [0.1, 0.15) is 38.7 Å². The first kappa shape index (κ1) is 28.6. The van der Waals surface area contributed by atoms with Crippen LogP contribution in [0.5, 0.6) is 0 Å². The van der Waals surface area contributed by atoms with Crippen molar-refractivity contribution in [3.63, 3.8) is 0 Å². The maximum absolute atomic E-state index is 14.0. The standard InChI is InChI=1S/C29H31ClN2O6S/c1-28(2,3)38-27(35)31-17-18-32(29(26(33)34)19-25(29)22-7-5-4-6-8-22)39(36,37)24-15-11-21(12-16-24)20-9-13-23(30)14-10-20/h4-16,25H,17-19H2,1-3H3,(H,31,35)(H,33,34)/t25-,29+/m0/s1. The van der Waals surface area contributed by atoms with Crippen molar-refractivity contribution >= 4 is 33.7 Å². The molecule has 0 unspecified atom stereocenters. The molecule has 2 N–H and O–H groups in total. The van der Waals surface area contributed by atoms with Crippen molar-refractivity contribution in [2.45, 2.75) is 49.1 Å². The highest BCUT2D eigenvalue weighted by Crippen LogP contribution is 2.57. The summed E-state index contributed by atoms with van der Waals surface area (Å²) in [5.41, 5.74) is -0.0533. The normalized spacial score (nSPS) is 18.9. The van der Waals surface area contributed by atoms with Crippen LogP contribution in [0.15, 0.2) is 83.8 Å². The lowest BCUT2D eigenvalue weighted by molar-refractivity contribution is -0.143. The molecule has 1 aliphatic rings. The van der Waals surface area contributed by atoms with Crippen LogP contribution in [0.3, 0.4) is 0 Å². The Kier molecular flexibility index (Phi) is 8.07. The molecular weight excluding hydrogens is 540 g/mol. The number of halogens is 1. The number of carbonyl (C=O) groups is 2. The van der Waals surface area contributed by atoms with E-state index in [0.29, 0.717) is 5.02 Å². The molecule has 8 nitrogen and oxygen atoms in total. The number of benzene rings is 3. The summed E-state index contributed by atoms with van der Waals surface area (Å²) in [5.74, 6) is -1.78. The number of rotatable bonds is 9. The van der Waals surface area contributed by atoms with Gasteiger partial charge in [0.2, 0.25) is 10.0 Å². The second kappa shape index (κ2) is 11.0. The van der Waals surface area contributed by atoms with Crippen LogP contribution in [-0.4, -0.2) is 54.1 Å². The van der Waals surface area contributed by atoms with Crippen LogP contribution in [0, 0.1) is 0 Å². The molecule has 3 aromatic carbocycles. The van der Waals surface area contributed by atoms with Gasteiger partial charge in [-0.1, -0.05) is 66.2 Å². The van der Waals surface area contributed by atoms with Crippen molar-refractivity contribution in [2.75, 3.05) is 13.1 Å². The molecule has 1 aliphatic carbocycles. The number of sulfonamides is 1. The summed E-state index contributed by atoms with van der Waals surface area (Å²) >= 11 is 5.97. The summed E-state index contributed by atoms with van der Waals surface area (Å²) in [6.45, 7) is 4.76. The van der Waals surface area contributed by atoms with E-state index in [4.69, 9.17) is 16.3 Å². The van der Waals surface area contributed by atoms with Crippen molar-refractivity contribution < 1.29 is 27.9 Å². The molecule has 0 saturated heterocycles. The third kappa shape index (κ3) is 6.27. The zero-order valence-corrected chi connectivity index (χ0v) is 23.5. The molecule has 0 aliphatic heterocycles. The molecule has 1 amide bonds. The summed E-state index contributed by atoms with van der Waals surface area (Å²) in [6.07, 6.45) is -0.604. The fraction of sp³-hybridized carbons (Fsp3) is 0.310. The monoisotopic (exact) mass is 570 g/mol. The number of aliphatic carboxylic acids is 1. The first-order valence-corrected chi connectivity index (χ1v) is 14.3. The highest BCUT2D eigenvalue weighted by molar-refractivity contribution is 7.89. The van der Waals surface area contributed by atoms with Crippen molar-refractivity contribution in [3.05, 3.63) is 89.4 Å². The number of amides is 1. The second-order valence-corrected chi connectivity index (χ2v) is 12.7. The van der Waals surface area contributed by atoms with E-state index in [1.165, 1.54) is 12.1 Å². The van der Waals surface area contributed by atoms with Gasteiger partial charge in [-0.15, -0.1) is 0 Å². The lowest BCUT2D eigenvalue weighted by atomic mass is 10.1. The maximum atomic E-state index is 14.0. The number of alkyl carbamates (subject to hydrolysis) is 1. The van der Waals surface area contributed by atoms with E-state index in [0.717, 1.165) is 21.0 Å². The number of hydrogen-bond acceptors (Lipinski definition) is 5. The lowest BCUT2D eigenvalue weighted by Crippen LogP contribution is -2.51. The van der Waals surface area contributed by atoms with Gasteiger partial charge in [0.05, 0.1) is 4.90 Å². The Hall–Kier alpha value is -3.40. The molecule has 0 aromatic heterocycles. The van der Waals surface area contributed by atoms with E-state index in [1.54, 1.807) is 69.3 Å². The van der Waals surface area contributed by atoms with Gasteiger partial charge >= 0.3 is 12.1 Å². The smallest absolute Gasteiger partial charge is 0.407 e. The molecule has 10 heteroatoms. The minimum absolute atomic E-state index is 0.0446. The van der Waals surface area contributed by atoms with E-state index in [9.17, 15) is 23.1 Å². The summed E-state index contributed by atoms with van der Waals surface area (Å²) in [5, 5.41) is 13.5. The average molecular weight is 571 g/mol. The fourth-order valence-electron chi connectivity index (χ4n) is 4.65. The van der Waals surface area contributed by atoms with Gasteiger partial charge < -0.3 is 15.2 Å². The first-order valence-electron chi connectivity index (χ1n) is 12.5. The maximum Gasteiger partial charge on any atom is 0.407 e. The minimum atomic E-state index is -4.28. The van der Waals surface area contributed by atoms with Crippen molar-refractivity contribution in [2.24, 2.45) is 0 Å². The molecule has 2 atom stereocenters. The van der Waals surface area contributed by atoms with Crippen LogP contribution >= 0.6 is 11.6 Å². The van der Waals surface area contributed by atoms with Gasteiger partial charge in [0, 0.05) is 24.0 Å². The number of hydrogen-bond donors (Lipinski definition) is 2. The van der Waals surface area contributed by atoms with Gasteiger partial charge in [0.25, 0.3) is 0 Å². The molecule has 0 spiro atoms. The highest BCUT2D eigenvalue weighted by atomic mass is 35.5. The van der Waals surface area contributed by atoms with E-state index >= 15 is 0 Å². The molecular formula is C29H31ClN2O6S. The van der Waals surface area contributed by atoms with E-state index in [-0.39, 0.29) is 24.4 Å². The summed E-state index contributed by atoms with van der Waals surface area (Å²) in [7, 11) is -4.28. The van der Waals surface area contributed by atoms with Crippen LogP contribution in [0.25, 0.3) is 11.1 Å². The molecule has 39 heavy (non-hydrogen) atoms. The van der Waals surface area contributed by atoms with Crippen molar-refractivity contribution in [1.82, 2.24) is 9.62 Å². The van der Waals surface area contributed by atoms with Crippen LogP contribution < -0.4 is 5.32 Å². The molecule has 4 rings (SSSR count). The molecule has 206 valence electrons. The Morgan fingerprint density at radius 1 is 1.00 bits per heavy atom. The molecule has 0 heterocycles. The van der Waals surface area contributed by atoms with Gasteiger partial charge in [-0.05, 0) is 68.1 Å². The van der Waals surface area contributed by atoms with E-state index < -0.39 is 39.1 Å². The Bertz CT molecular complexity index is 1440. The van der Waals surface area contributed by atoms with E-state index in [2.05, 4.69) is 5.32 Å². The average Bonchev–Trinajstić information content (AvgIpc) is 3.63. The zero-order valence-electron chi connectivity index (χ0n) is 21.9. The van der Waals surface area contributed by atoms with Gasteiger partial charge in [-0.3, -0.25) is 4.79 Å². The Morgan fingerprint density at radius 3 is 2.10 bits per heavy atom. The number of carboxylic acids is 1. The molecule has 1 fully saturated rings. The van der Waals surface area contributed by atoms with E-state index in [1.807, 2.05) is 18.2 Å². The van der Waals surface area contributed by atoms with Gasteiger partial charge in [0.15, 0.2) is 0 Å². The predicted molar refractivity (Wildman–Crippen MR) is 149 cm³/mol. The summed E-state index contributed by atoms with van der Waals surface area (Å²) in [6, 6.07) is 22.4. The Labute approximate surface area is 233 Å². The van der Waals surface area contributed by atoms with Gasteiger partial charge in [-0.25, -0.2) is 13.2 Å². The Morgan fingerprint density at radius 2 is 1.56 bits per heavy atom. The zero-order chi connectivity index (χ0) is 28.4. The quantitative estimate of drug-likeness (QED) is 0.349. The van der Waals surface area contributed by atoms with Crippen LogP contribution in [-0.2, 0) is 19.6 Å². The fourth-order valence-corrected chi connectivity index (χ4v) is 6.55. The number of carbonyl (C=O) groups excluding carboxylic acids is 1. The third-order valence-corrected chi connectivity index (χ3v) is 8.76. The second-order valence-electron chi connectivity index (χ2n) is 10.4. The van der Waals surface area contributed by atoms with Crippen molar-refractivity contribution in [3.8, 4) is 11.1 Å². The Balaban J connectivity index is 1.66. The third-order valence-electron chi connectivity index (χ3n) is 6.55. The van der Waals surface area contributed by atoms with Gasteiger partial charge in [-0.2, -0.15) is 4.31 Å². The molecule has 0 radical (unpaired) electrons. The van der Waals surface area contributed by atoms with Crippen LogP contribution in [0.4, 0.5) is 4.79 Å². The highest BCUT2D eigenvalue weighted by Gasteiger charge is 2.67. The summed E-state index contributed by atoms with van der Waals surface area (Å²) < 4.78 is 34.3. The largest absolute Gasteiger partial charge is 0.480 e.